The number of hydrogen-bond donors (Lipinski definition) is 1. The van der Waals surface area contributed by atoms with Crippen LogP contribution in [0.2, 0.25) is 0 Å². The molecule has 0 unspecified atom stereocenters. The van der Waals surface area contributed by atoms with Crippen molar-refractivity contribution in [2.45, 2.75) is 6.54 Å². The number of nitrogens with zero attached hydrogens (tertiary/aromatic N) is 2. The molecule has 1 heterocycles. The second-order valence-electron chi connectivity index (χ2n) is 4.54. The third-order valence-corrected chi connectivity index (χ3v) is 3.72. The number of halogens is 1. The molecule has 0 saturated heterocycles. The van der Waals surface area contributed by atoms with Crippen molar-refractivity contribution in [3.8, 4) is 0 Å². The lowest BCUT2D eigenvalue weighted by molar-refractivity contribution is 0.640. The van der Waals surface area contributed by atoms with Crippen molar-refractivity contribution >= 4 is 32.4 Å². The first-order chi connectivity index (χ1) is 9.65. The Hall–Kier alpha value is -2.14. The van der Waals surface area contributed by atoms with Crippen molar-refractivity contribution in [1.82, 2.24) is 9.78 Å². The maximum atomic E-state index is 12.4. The Morgan fingerprint density at radius 3 is 2.40 bits per heavy atom. The first-order valence-corrected chi connectivity index (χ1v) is 6.94. The molecule has 2 N–H and O–H groups in total. The van der Waals surface area contributed by atoms with Crippen molar-refractivity contribution in [1.29, 1.82) is 0 Å². The monoisotopic (exact) mass is 329 g/mol. The third-order valence-electron chi connectivity index (χ3n) is 3.13. The zero-order chi connectivity index (χ0) is 14.1. The number of nitrogen functional groups attached to an aromatic ring is 1. The molecule has 2 aromatic carbocycles. The number of fused-ring (bicyclic) bond motifs is 1. The minimum Gasteiger partial charge on any atom is -0.399 e. The summed E-state index contributed by atoms with van der Waals surface area (Å²) >= 11 is 3.42. The van der Waals surface area contributed by atoms with Gasteiger partial charge in [-0.25, -0.2) is 4.68 Å². The smallest absolute Gasteiger partial charge is 0.275 e. The Morgan fingerprint density at radius 1 is 1.05 bits per heavy atom. The predicted octanol–water partition coefficient (Wildman–Crippen LogP) is 2.79. The van der Waals surface area contributed by atoms with Gasteiger partial charge in [0, 0.05) is 11.1 Å². The first-order valence-electron chi connectivity index (χ1n) is 6.15. The molecule has 3 rings (SSSR count). The summed E-state index contributed by atoms with van der Waals surface area (Å²) in [5.41, 5.74) is 7.25. The molecule has 100 valence electrons. The Balaban J connectivity index is 2.10. The largest absolute Gasteiger partial charge is 0.399 e. The second kappa shape index (κ2) is 5.09. The lowest BCUT2D eigenvalue weighted by Crippen LogP contribution is -2.23. The minimum absolute atomic E-state index is 0.0966. The summed E-state index contributed by atoms with van der Waals surface area (Å²) in [6.45, 7) is 0.419. The number of aromatic nitrogens is 2. The average molecular weight is 330 g/mol. The van der Waals surface area contributed by atoms with Crippen molar-refractivity contribution < 1.29 is 0 Å². The SMILES string of the molecule is Nc1ccc(Cn2nc(Br)c3ccccc3c2=O)cc1. The zero-order valence-electron chi connectivity index (χ0n) is 10.6. The standard InChI is InChI=1S/C15H12BrN3O/c16-14-12-3-1-2-4-13(12)15(20)19(18-14)9-10-5-7-11(17)8-6-10/h1-8H,9,17H2. The van der Waals surface area contributed by atoms with Gasteiger partial charge in [0.15, 0.2) is 0 Å². The summed E-state index contributed by atoms with van der Waals surface area (Å²) < 4.78 is 2.13. The van der Waals surface area contributed by atoms with Crippen molar-refractivity contribution in [3.05, 3.63) is 69.1 Å². The Labute approximate surface area is 124 Å². The Bertz CT molecular complexity index is 825. The van der Waals surface area contributed by atoms with Crippen LogP contribution in [0, 0.1) is 0 Å². The van der Waals surface area contributed by atoms with Gasteiger partial charge in [-0.1, -0.05) is 30.3 Å². The maximum Gasteiger partial charge on any atom is 0.275 e. The molecule has 5 heteroatoms. The highest BCUT2D eigenvalue weighted by Gasteiger charge is 2.08. The van der Waals surface area contributed by atoms with Crippen molar-refractivity contribution in [2.24, 2.45) is 0 Å². The van der Waals surface area contributed by atoms with Gasteiger partial charge in [-0.05, 0) is 39.7 Å². The van der Waals surface area contributed by atoms with E-state index in [0.29, 0.717) is 22.2 Å². The lowest BCUT2D eigenvalue weighted by atomic mass is 10.2. The molecule has 0 atom stereocenters. The molecule has 0 amide bonds. The molecule has 0 radical (unpaired) electrons. The van der Waals surface area contributed by atoms with E-state index in [1.807, 2.05) is 48.5 Å². The van der Waals surface area contributed by atoms with E-state index in [1.165, 1.54) is 4.68 Å². The summed E-state index contributed by atoms with van der Waals surface area (Å²) in [4.78, 5) is 12.4. The van der Waals surface area contributed by atoms with Crippen LogP contribution < -0.4 is 11.3 Å². The number of anilines is 1. The molecule has 0 fully saturated rings. The Morgan fingerprint density at radius 2 is 1.70 bits per heavy atom. The predicted molar refractivity (Wildman–Crippen MR) is 83.7 cm³/mol. The normalized spacial score (nSPS) is 10.8. The molecular weight excluding hydrogens is 318 g/mol. The van der Waals surface area contributed by atoms with Gasteiger partial charge in [0.1, 0.15) is 4.60 Å². The van der Waals surface area contributed by atoms with Gasteiger partial charge < -0.3 is 5.73 Å². The second-order valence-corrected chi connectivity index (χ2v) is 5.29. The number of hydrogen-bond acceptors (Lipinski definition) is 3. The van der Waals surface area contributed by atoms with E-state index in [2.05, 4.69) is 21.0 Å². The van der Waals surface area contributed by atoms with E-state index in [-0.39, 0.29) is 5.56 Å². The van der Waals surface area contributed by atoms with Crippen LogP contribution in [0.3, 0.4) is 0 Å². The molecule has 0 aliphatic heterocycles. The summed E-state index contributed by atoms with van der Waals surface area (Å²) in [7, 11) is 0. The van der Waals surface area contributed by atoms with Gasteiger partial charge in [0.2, 0.25) is 0 Å². The van der Waals surface area contributed by atoms with Crippen LogP contribution in [-0.4, -0.2) is 9.78 Å². The minimum atomic E-state index is -0.0966. The third kappa shape index (κ3) is 2.32. The van der Waals surface area contributed by atoms with E-state index in [4.69, 9.17) is 5.73 Å². The van der Waals surface area contributed by atoms with Crippen LogP contribution in [0.1, 0.15) is 5.56 Å². The van der Waals surface area contributed by atoms with Crippen LogP contribution in [-0.2, 0) is 6.54 Å². The molecule has 20 heavy (non-hydrogen) atoms. The lowest BCUT2D eigenvalue weighted by Gasteiger charge is -2.08. The van der Waals surface area contributed by atoms with Crippen molar-refractivity contribution in [2.75, 3.05) is 5.73 Å². The topological polar surface area (TPSA) is 60.9 Å². The summed E-state index contributed by atoms with van der Waals surface area (Å²) in [5, 5.41) is 5.79. The molecule has 0 aliphatic carbocycles. The van der Waals surface area contributed by atoms with E-state index in [9.17, 15) is 4.79 Å². The number of nitrogens with two attached hydrogens (primary N) is 1. The summed E-state index contributed by atoms with van der Waals surface area (Å²) in [6.07, 6.45) is 0. The van der Waals surface area contributed by atoms with Crippen LogP contribution >= 0.6 is 15.9 Å². The molecule has 4 nitrogen and oxygen atoms in total. The van der Waals surface area contributed by atoms with Gasteiger partial charge >= 0.3 is 0 Å². The summed E-state index contributed by atoms with van der Waals surface area (Å²) in [6, 6.07) is 14.8. The average Bonchev–Trinajstić information content (AvgIpc) is 2.47. The molecular formula is C15H12BrN3O. The van der Waals surface area contributed by atoms with Crippen LogP contribution in [0.5, 0.6) is 0 Å². The van der Waals surface area contributed by atoms with E-state index >= 15 is 0 Å². The fourth-order valence-electron chi connectivity index (χ4n) is 2.10. The van der Waals surface area contributed by atoms with Crippen LogP contribution in [0.25, 0.3) is 10.8 Å². The highest BCUT2D eigenvalue weighted by atomic mass is 79.9. The number of rotatable bonds is 2. The number of benzene rings is 2. The molecule has 3 aromatic rings. The molecule has 1 aromatic heterocycles. The quantitative estimate of drug-likeness (QED) is 0.735. The van der Waals surface area contributed by atoms with E-state index < -0.39 is 0 Å². The van der Waals surface area contributed by atoms with Crippen LogP contribution in [0.15, 0.2) is 57.9 Å². The molecule has 0 aliphatic rings. The Kier molecular flexibility index (Phi) is 3.28. The van der Waals surface area contributed by atoms with Gasteiger partial charge in [0.05, 0.1) is 11.9 Å². The van der Waals surface area contributed by atoms with E-state index in [1.54, 1.807) is 0 Å². The molecule has 0 bridgehead atoms. The van der Waals surface area contributed by atoms with Gasteiger partial charge in [-0.2, -0.15) is 5.10 Å². The van der Waals surface area contributed by atoms with Crippen LogP contribution in [0.4, 0.5) is 5.69 Å². The van der Waals surface area contributed by atoms with Gasteiger partial charge in [0.25, 0.3) is 5.56 Å². The first kappa shape index (κ1) is 12.9. The summed E-state index contributed by atoms with van der Waals surface area (Å²) in [5.74, 6) is 0. The van der Waals surface area contributed by atoms with Gasteiger partial charge in [-0.3, -0.25) is 4.79 Å². The highest BCUT2D eigenvalue weighted by molar-refractivity contribution is 9.10. The maximum absolute atomic E-state index is 12.4. The fourth-order valence-corrected chi connectivity index (χ4v) is 2.63. The highest BCUT2D eigenvalue weighted by Crippen LogP contribution is 2.18. The van der Waals surface area contributed by atoms with Crippen molar-refractivity contribution in [3.63, 3.8) is 0 Å². The molecule has 0 saturated carbocycles. The fraction of sp³-hybridized carbons (Fsp3) is 0.0667. The molecule has 0 spiro atoms. The van der Waals surface area contributed by atoms with Gasteiger partial charge in [-0.15, -0.1) is 0 Å². The zero-order valence-corrected chi connectivity index (χ0v) is 12.2. The van der Waals surface area contributed by atoms with E-state index in [0.717, 1.165) is 10.9 Å².